The molecule has 0 radical (unpaired) electrons. The van der Waals surface area contributed by atoms with Crippen LogP contribution >= 0.6 is 23.2 Å². The van der Waals surface area contributed by atoms with Crippen LogP contribution in [0.1, 0.15) is 17.4 Å². The quantitative estimate of drug-likeness (QED) is 0.762. The zero-order valence-electron chi connectivity index (χ0n) is 11.2. The Morgan fingerprint density at radius 2 is 2.14 bits per heavy atom. The number of aromatic nitrogens is 3. The van der Waals surface area contributed by atoms with Crippen LogP contribution in [0.15, 0.2) is 53.4 Å². The molecule has 1 aliphatic rings. The summed E-state index contributed by atoms with van der Waals surface area (Å²) in [4.78, 5) is 4.23. The van der Waals surface area contributed by atoms with Gasteiger partial charge in [0.1, 0.15) is 18.1 Å². The highest BCUT2D eigenvalue weighted by Crippen LogP contribution is 2.35. The minimum atomic E-state index is -0.185. The number of allylic oxidation sites excluding steroid dienone is 1. The molecule has 0 amide bonds. The third kappa shape index (κ3) is 2.19. The number of fused-ring (bicyclic) bond motifs is 1. The highest BCUT2D eigenvalue weighted by molar-refractivity contribution is 6.35. The number of hydrogen-bond donors (Lipinski definition) is 1. The first-order valence-electron chi connectivity index (χ1n) is 6.59. The van der Waals surface area contributed by atoms with Crippen molar-refractivity contribution in [2.45, 2.75) is 6.04 Å². The molecule has 22 heavy (non-hydrogen) atoms. The molecule has 4 rings (SSSR count). The van der Waals surface area contributed by atoms with Gasteiger partial charge in [0.2, 0.25) is 5.95 Å². The van der Waals surface area contributed by atoms with E-state index >= 15 is 0 Å². The topological polar surface area (TPSA) is 55.9 Å². The van der Waals surface area contributed by atoms with E-state index in [1.807, 2.05) is 24.3 Å². The highest BCUT2D eigenvalue weighted by atomic mass is 35.5. The van der Waals surface area contributed by atoms with Gasteiger partial charge >= 0.3 is 0 Å². The van der Waals surface area contributed by atoms with E-state index in [1.165, 1.54) is 6.33 Å². The zero-order valence-corrected chi connectivity index (χ0v) is 12.7. The van der Waals surface area contributed by atoms with Crippen molar-refractivity contribution in [2.75, 3.05) is 5.32 Å². The van der Waals surface area contributed by atoms with Crippen LogP contribution in [0.2, 0.25) is 10.0 Å². The molecule has 1 atom stereocenters. The lowest BCUT2D eigenvalue weighted by molar-refractivity contribution is 0.448. The van der Waals surface area contributed by atoms with Crippen LogP contribution in [0.4, 0.5) is 5.95 Å². The molecule has 0 saturated heterocycles. The molecule has 7 heteroatoms. The second kappa shape index (κ2) is 5.19. The molecular weight excluding hydrogens is 323 g/mol. The van der Waals surface area contributed by atoms with Crippen LogP contribution in [-0.2, 0) is 0 Å². The summed E-state index contributed by atoms with van der Waals surface area (Å²) in [5.74, 6) is 1.40. The summed E-state index contributed by atoms with van der Waals surface area (Å²) in [6.45, 7) is 0. The fourth-order valence-electron chi connectivity index (χ4n) is 2.46. The summed E-state index contributed by atoms with van der Waals surface area (Å²) in [7, 11) is 0. The number of nitrogens with one attached hydrogen (secondary N) is 1. The van der Waals surface area contributed by atoms with Gasteiger partial charge in [0, 0.05) is 16.3 Å². The third-order valence-electron chi connectivity index (χ3n) is 3.46. The average Bonchev–Trinajstić information content (AvgIpc) is 3.17. The van der Waals surface area contributed by atoms with Gasteiger partial charge in [-0.25, -0.2) is 4.68 Å². The number of nitrogens with zero attached hydrogens (tertiary/aromatic N) is 3. The Labute approximate surface area is 136 Å². The Hall–Kier alpha value is -2.24. The Bertz CT molecular complexity index is 854. The molecule has 0 bridgehead atoms. The number of hydrogen-bond acceptors (Lipinski definition) is 4. The van der Waals surface area contributed by atoms with Gasteiger partial charge in [-0.15, -0.1) is 0 Å². The van der Waals surface area contributed by atoms with Crippen molar-refractivity contribution < 1.29 is 4.42 Å². The number of furan rings is 1. The van der Waals surface area contributed by atoms with Crippen LogP contribution < -0.4 is 5.32 Å². The SMILES string of the molecule is Clc1ccc(C2=C[C@H](c3ccco3)n3ncnc3N2)c(Cl)c1. The average molecular weight is 333 g/mol. The summed E-state index contributed by atoms with van der Waals surface area (Å²) in [6, 6.07) is 8.94. The summed E-state index contributed by atoms with van der Waals surface area (Å²) in [6.07, 6.45) is 5.13. The molecule has 0 unspecified atom stereocenters. The molecule has 1 N–H and O–H groups in total. The summed E-state index contributed by atoms with van der Waals surface area (Å²) in [5, 5.41) is 8.63. The molecule has 2 aromatic heterocycles. The van der Waals surface area contributed by atoms with E-state index in [-0.39, 0.29) is 6.04 Å². The number of rotatable bonds is 2. The van der Waals surface area contributed by atoms with E-state index in [1.54, 1.807) is 23.1 Å². The van der Waals surface area contributed by atoms with Gasteiger partial charge in [-0.3, -0.25) is 0 Å². The number of anilines is 1. The Morgan fingerprint density at radius 3 is 2.91 bits per heavy atom. The van der Waals surface area contributed by atoms with Gasteiger partial charge in [0.25, 0.3) is 0 Å². The molecule has 0 aliphatic carbocycles. The maximum Gasteiger partial charge on any atom is 0.226 e. The fraction of sp³-hybridized carbons (Fsp3) is 0.0667. The lowest BCUT2D eigenvalue weighted by atomic mass is 10.1. The molecule has 0 fully saturated rings. The summed E-state index contributed by atoms with van der Waals surface area (Å²) >= 11 is 12.3. The van der Waals surface area contributed by atoms with E-state index in [2.05, 4.69) is 15.4 Å². The molecular formula is C15H10Cl2N4O. The molecule has 3 heterocycles. The summed E-state index contributed by atoms with van der Waals surface area (Å²) < 4.78 is 7.27. The Kier molecular flexibility index (Phi) is 3.17. The Balaban J connectivity index is 1.83. The first-order chi connectivity index (χ1) is 10.7. The van der Waals surface area contributed by atoms with Gasteiger partial charge < -0.3 is 9.73 Å². The van der Waals surface area contributed by atoms with Crippen LogP contribution in [0.3, 0.4) is 0 Å². The summed E-state index contributed by atoms with van der Waals surface area (Å²) in [5.41, 5.74) is 1.68. The van der Waals surface area contributed by atoms with Crippen LogP contribution in [0.25, 0.3) is 5.70 Å². The van der Waals surface area contributed by atoms with Crippen molar-refractivity contribution >= 4 is 34.8 Å². The van der Waals surface area contributed by atoms with Crippen molar-refractivity contribution in [3.8, 4) is 0 Å². The second-order valence-corrected chi connectivity index (χ2v) is 5.66. The number of benzene rings is 1. The van der Waals surface area contributed by atoms with Crippen molar-refractivity contribution in [2.24, 2.45) is 0 Å². The first-order valence-corrected chi connectivity index (χ1v) is 7.35. The lowest BCUT2D eigenvalue weighted by Crippen LogP contribution is -2.20. The van der Waals surface area contributed by atoms with Crippen LogP contribution in [0.5, 0.6) is 0 Å². The van der Waals surface area contributed by atoms with E-state index in [0.29, 0.717) is 16.0 Å². The lowest BCUT2D eigenvalue weighted by Gasteiger charge is -2.23. The molecule has 1 aliphatic heterocycles. The minimum Gasteiger partial charge on any atom is -0.467 e. The minimum absolute atomic E-state index is 0.185. The second-order valence-electron chi connectivity index (χ2n) is 4.82. The molecule has 1 aromatic carbocycles. The predicted octanol–water partition coefficient (Wildman–Crippen LogP) is 4.23. The Morgan fingerprint density at radius 1 is 1.23 bits per heavy atom. The molecule has 0 spiro atoms. The fourth-order valence-corrected chi connectivity index (χ4v) is 2.97. The van der Waals surface area contributed by atoms with Gasteiger partial charge in [-0.05, 0) is 36.4 Å². The van der Waals surface area contributed by atoms with Crippen LogP contribution in [-0.4, -0.2) is 14.8 Å². The monoisotopic (exact) mass is 332 g/mol. The normalized spacial score (nSPS) is 16.8. The van der Waals surface area contributed by atoms with E-state index in [0.717, 1.165) is 17.0 Å². The van der Waals surface area contributed by atoms with E-state index < -0.39 is 0 Å². The standard InChI is InChI=1S/C15H10Cl2N4O/c16-9-3-4-10(11(17)6-9)12-7-13(14-2-1-5-22-14)21-15(20-12)18-8-19-21/h1-8,13H,(H,18,19,20)/t13-/m1/s1. The van der Waals surface area contributed by atoms with Gasteiger partial charge in [-0.1, -0.05) is 23.2 Å². The van der Waals surface area contributed by atoms with Gasteiger partial charge in [-0.2, -0.15) is 10.1 Å². The van der Waals surface area contributed by atoms with E-state index in [9.17, 15) is 0 Å². The van der Waals surface area contributed by atoms with Crippen molar-refractivity contribution in [1.29, 1.82) is 0 Å². The van der Waals surface area contributed by atoms with Gasteiger partial charge in [0.05, 0.1) is 11.3 Å². The third-order valence-corrected chi connectivity index (χ3v) is 4.01. The molecule has 5 nitrogen and oxygen atoms in total. The van der Waals surface area contributed by atoms with Crippen molar-refractivity contribution in [3.05, 3.63) is 70.4 Å². The predicted molar refractivity (Wildman–Crippen MR) is 84.9 cm³/mol. The molecule has 0 saturated carbocycles. The zero-order chi connectivity index (χ0) is 15.1. The maximum absolute atomic E-state index is 6.30. The molecule has 3 aromatic rings. The van der Waals surface area contributed by atoms with Crippen molar-refractivity contribution in [1.82, 2.24) is 14.8 Å². The molecule has 110 valence electrons. The van der Waals surface area contributed by atoms with E-state index in [4.69, 9.17) is 27.6 Å². The maximum atomic E-state index is 6.30. The van der Waals surface area contributed by atoms with Crippen molar-refractivity contribution in [3.63, 3.8) is 0 Å². The largest absolute Gasteiger partial charge is 0.467 e. The van der Waals surface area contributed by atoms with Gasteiger partial charge in [0.15, 0.2) is 0 Å². The van der Waals surface area contributed by atoms with Crippen LogP contribution in [0, 0.1) is 0 Å². The highest BCUT2D eigenvalue weighted by Gasteiger charge is 2.25. The first kappa shape index (κ1) is 13.4. The smallest absolute Gasteiger partial charge is 0.226 e. The number of halogens is 2.